The Morgan fingerprint density at radius 1 is 1.14 bits per heavy atom. The summed E-state index contributed by atoms with van der Waals surface area (Å²) in [6, 6.07) is 8.55. The Kier molecular flexibility index (Phi) is 3.04. The number of nitrogen functional groups attached to an aromatic ring is 1. The number of anilines is 1. The van der Waals surface area contributed by atoms with Crippen molar-refractivity contribution in [3.05, 3.63) is 59.5 Å². The van der Waals surface area contributed by atoms with Crippen LogP contribution in [-0.4, -0.2) is 14.6 Å². The summed E-state index contributed by atoms with van der Waals surface area (Å²) in [6.07, 6.45) is -2.51. The number of nitrogens with zero attached hydrogens (tertiary/aromatic N) is 3. The summed E-state index contributed by atoms with van der Waals surface area (Å²) in [4.78, 5) is 4.26. The van der Waals surface area contributed by atoms with E-state index in [2.05, 4.69) is 10.1 Å². The molecule has 21 heavy (non-hydrogen) atoms. The third-order valence-corrected chi connectivity index (χ3v) is 3.01. The van der Waals surface area contributed by atoms with Gasteiger partial charge in [-0.1, -0.05) is 18.2 Å². The molecule has 108 valence electrons. The Morgan fingerprint density at radius 3 is 2.71 bits per heavy atom. The molecule has 3 rings (SSSR count). The van der Waals surface area contributed by atoms with Crippen LogP contribution in [0, 0.1) is 0 Å². The van der Waals surface area contributed by atoms with Crippen LogP contribution in [0.5, 0.6) is 0 Å². The average Bonchev–Trinajstić information content (AvgIpc) is 2.79. The van der Waals surface area contributed by atoms with Gasteiger partial charge in [0.1, 0.15) is 0 Å². The lowest BCUT2D eigenvalue weighted by Crippen LogP contribution is -2.05. The number of fused-ring (bicyclic) bond motifs is 1. The van der Waals surface area contributed by atoms with Crippen LogP contribution in [0.15, 0.2) is 42.6 Å². The molecule has 1 aromatic carbocycles. The lowest BCUT2D eigenvalue weighted by molar-refractivity contribution is -0.137. The minimum atomic E-state index is -4.35. The number of benzene rings is 1. The molecule has 0 atom stereocenters. The van der Waals surface area contributed by atoms with Gasteiger partial charge in [0, 0.05) is 6.42 Å². The molecule has 2 N–H and O–H groups in total. The fourth-order valence-electron chi connectivity index (χ4n) is 2.06. The van der Waals surface area contributed by atoms with Crippen molar-refractivity contribution in [2.75, 3.05) is 5.73 Å². The molecule has 0 aliphatic heterocycles. The van der Waals surface area contributed by atoms with Gasteiger partial charge in [0.05, 0.1) is 17.4 Å². The van der Waals surface area contributed by atoms with Gasteiger partial charge in [-0.15, -0.1) is 0 Å². The highest BCUT2D eigenvalue weighted by molar-refractivity contribution is 5.46. The number of hydrogen-bond donors (Lipinski definition) is 1. The molecular weight excluding hydrogens is 281 g/mol. The largest absolute Gasteiger partial charge is 0.416 e. The first-order valence-corrected chi connectivity index (χ1v) is 6.19. The van der Waals surface area contributed by atoms with Crippen molar-refractivity contribution in [3.8, 4) is 0 Å². The zero-order valence-electron chi connectivity index (χ0n) is 10.8. The molecule has 4 nitrogen and oxygen atoms in total. The van der Waals surface area contributed by atoms with Gasteiger partial charge >= 0.3 is 6.18 Å². The van der Waals surface area contributed by atoms with Gasteiger partial charge in [0.2, 0.25) is 0 Å². The zero-order chi connectivity index (χ0) is 15.0. The van der Waals surface area contributed by atoms with Crippen LogP contribution in [0.2, 0.25) is 0 Å². The van der Waals surface area contributed by atoms with Gasteiger partial charge in [-0.3, -0.25) is 0 Å². The molecule has 0 saturated heterocycles. The van der Waals surface area contributed by atoms with Crippen LogP contribution in [-0.2, 0) is 12.6 Å². The number of halogens is 3. The van der Waals surface area contributed by atoms with Crippen LogP contribution in [0.3, 0.4) is 0 Å². The first kappa shape index (κ1) is 13.4. The SMILES string of the molecule is Nc1ccc2nc(Cc3cccc(C(F)(F)F)c3)nn2c1. The Balaban J connectivity index is 1.91. The summed E-state index contributed by atoms with van der Waals surface area (Å²) in [5.74, 6) is 0.444. The predicted molar refractivity (Wildman–Crippen MR) is 71.6 cm³/mol. The lowest BCUT2D eigenvalue weighted by atomic mass is 10.1. The van der Waals surface area contributed by atoms with Gasteiger partial charge < -0.3 is 5.73 Å². The highest BCUT2D eigenvalue weighted by atomic mass is 19.4. The molecule has 2 aromatic heterocycles. The second-order valence-electron chi connectivity index (χ2n) is 4.67. The number of aromatic nitrogens is 3. The van der Waals surface area contributed by atoms with E-state index in [-0.39, 0.29) is 6.42 Å². The molecule has 0 aliphatic rings. The van der Waals surface area contributed by atoms with E-state index in [4.69, 9.17) is 5.73 Å². The molecule has 0 spiro atoms. The van der Waals surface area contributed by atoms with E-state index in [1.54, 1.807) is 24.4 Å². The Hall–Kier alpha value is -2.57. The summed E-state index contributed by atoms with van der Waals surface area (Å²) >= 11 is 0. The smallest absolute Gasteiger partial charge is 0.397 e. The van der Waals surface area contributed by atoms with Crippen molar-refractivity contribution in [3.63, 3.8) is 0 Å². The molecule has 0 unspecified atom stereocenters. The van der Waals surface area contributed by atoms with Gasteiger partial charge in [-0.05, 0) is 23.8 Å². The van der Waals surface area contributed by atoms with Crippen molar-refractivity contribution in [1.29, 1.82) is 0 Å². The van der Waals surface area contributed by atoms with Gasteiger partial charge in [0.25, 0.3) is 0 Å². The molecule has 0 fully saturated rings. The fourth-order valence-corrected chi connectivity index (χ4v) is 2.06. The van der Waals surface area contributed by atoms with E-state index in [1.165, 1.54) is 10.6 Å². The minimum Gasteiger partial charge on any atom is -0.397 e. The van der Waals surface area contributed by atoms with Crippen LogP contribution >= 0.6 is 0 Å². The van der Waals surface area contributed by atoms with Crippen molar-refractivity contribution in [2.24, 2.45) is 0 Å². The van der Waals surface area contributed by atoms with E-state index in [0.29, 0.717) is 22.7 Å². The van der Waals surface area contributed by atoms with E-state index < -0.39 is 11.7 Å². The maximum atomic E-state index is 12.7. The van der Waals surface area contributed by atoms with Gasteiger partial charge in [-0.2, -0.15) is 18.3 Å². The Labute approximate surface area is 118 Å². The molecule has 2 heterocycles. The highest BCUT2D eigenvalue weighted by Gasteiger charge is 2.30. The molecular formula is C14H11F3N4. The third-order valence-electron chi connectivity index (χ3n) is 3.01. The standard InChI is InChI=1S/C14H11F3N4/c15-14(16,17)10-3-1-2-9(6-10)7-12-19-13-5-4-11(18)8-21(13)20-12/h1-6,8H,7,18H2. The molecule has 0 radical (unpaired) electrons. The van der Waals surface area contributed by atoms with Crippen LogP contribution in [0.1, 0.15) is 17.0 Å². The molecule has 0 amide bonds. The quantitative estimate of drug-likeness (QED) is 0.790. The van der Waals surface area contributed by atoms with Crippen molar-refractivity contribution in [2.45, 2.75) is 12.6 Å². The first-order chi connectivity index (χ1) is 9.91. The van der Waals surface area contributed by atoms with Crippen molar-refractivity contribution < 1.29 is 13.2 Å². The summed E-state index contributed by atoms with van der Waals surface area (Å²) in [7, 11) is 0. The highest BCUT2D eigenvalue weighted by Crippen LogP contribution is 2.29. The number of alkyl halides is 3. The number of pyridine rings is 1. The van der Waals surface area contributed by atoms with Crippen LogP contribution in [0.25, 0.3) is 5.65 Å². The fraction of sp³-hybridized carbons (Fsp3) is 0.143. The van der Waals surface area contributed by atoms with Crippen LogP contribution < -0.4 is 5.73 Å². The van der Waals surface area contributed by atoms with E-state index >= 15 is 0 Å². The molecule has 7 heteroatoms. The van der Waals surface area contributed by atoms with Crippen molar-refractivity contribution in [1.82, 2.24) is 14.6 Å². The minimum absolute atomic E-state index is 0.228. The maximum absolute atomic E-state index is 12.7. The third kappa shape index (κ3) is 2.81. The summed E-state index contributed by atoms with van der Waals surface area (Å²) < 4.78 is 39.5. The Morgan fingerprint density at radius 2 is 1.95 bits per heavy atom. The second-order valence-corrected chi connectivity index (χ2v) is 4.67. The van der Waals surface area contributed by atoms with Crippen LogP contribution in [0.4, 0.5) is 18.9 Å². The van der Waals surface area contributed by atoms with E-state index in [0.717, 1.165) is 12.1 Å². The second kappa shape index (κ2) is 4.76. The summed E-state index contributed by atoms with van der Waals surface area (Å²) in [6.45, 7) is 0. The van der Waals surface area contributed by atoms with Crippen molar-refractivity contribution >= 4 is 11.3 Å². The normalized spacial score (nSPS) is 12.0. The summed E-state index contributed by atoms with van der Waals surface area (Å²) in [5.41, 5.74) is 6.62. The number of hydrogen-bond acceptors (Lipinski definition) is 3. The molecule has 0 aliphatic carbocycles. The Bertz CT molecular complexity index is 792. The monoisotopic (exact) mass is 292 g/mol. The van der Waals surface area contributed by atoms with Gasteiger partial charge in [0.15, 0.2) is 11.5 Å². The average molecular weight is 292 g/mol. The lowest BCUT2D eigenvalue weighted by Gasteiger charge is -2.07. The molecule has 0 bridgehead atoms. The van der Waals surface area contributed by atoms with Gasteiger partial charge in [-0.25, -0.2) is 9.50 Å². The molecule has 3 aromatic rings. The van der Waals surface area contributed by atoms with E-state index in [9.17, 15) is 13.2 Å². The topological polar surface area (TPSA) is 56.2 Å². The molecule has 0 saturated carbocycles. The zero-order valence-corrected chi connectivity index (χ0v) is 10.8. The maximum Gasteiger partial charge on any atom is 0.416 e. The number of nitrogens with two attached hydrogens (primary N) is 1. The summed E-state index contributed by atoms with van der Waals surface area (Å²) in [5, 5.41) is 4.20. The number of rotatable bonds is 2. The first-order valence-electron chi connectivity index (χ1n) is 6.19. The predicted octanol–water partition coefficient (Wildman–Crippen LogP) is 2.92. The van der Waals surface area contributed by atoms with E-state index in [1.807, 2.05) is 0 Å².